The minimum Gasteiger partial charge on any atom is -0.375 e. The maximum absolute atomic E-state index is 12.9. The van der Waals surface area contributed by atoms with E-state index in [0.717, 1.165) is 12.8 Å². The van der Waals surface area contributed by atoms with Crippen LogP contribution in [0.5, 0.6) is 0 Å². The lowest BCUT2D eigenvalue weighted by atomic mass is 9.87. The van der Waals surface area contributed by atoms with E-state index in [1.165, 1.54) is 6.20 Å². The molecule has 164 valence electrons. The van der Waals surface area contributed by atoms with Gasteiger partial charge in [-0.2, -0.15) is 13.2 Å². The van der Waals surface area contributed by atoms with Gasteiger partial charge in [0.2, 0.25) is 0 Å². The Kier molecular flexibility index (Phi) is 5.74. The highest BCUT2D eigenvalue weighted by atomic mass is 19.4. The van der Waals surface area contributed by atoms with Crippen molar-refractivity contribution >= 4 is 17.0 Å². The minimum absolute atomic E-state index is 0.0499. The number of alkyl halides is 3. The predicted molar refractivity (Wildman–Crippen MR) is 106 cm³/mol. The van der Waals surface area contributed by atoms with Gasteiger partial charge in [-0.05, 0) is 50.5 Å². The van der Waals surface area contributed by atoms with Gasteiger partial charge >= 0.3 is 6.18 Å². The van der Waals surface area contributed by atoms with Crippen molar-refractivity contribution in [1.29, 1.82) is 10.8 Å². The molecule has 2 aliphatic carbocycles. The summed E-state index contributed by atoms with van der Waals surface area (Å²) in [6.07, 6.45) is 2.42. The number of nitrogens with one attached hydrogen (secondary N) is 3. The first-order valence-electron chi connectivity index (χ1n) is 10.7. The summed E-state index contributed by atoms with van der Waals surface area (Å²) in [5.41, 5.74) is 1.50. The number of fused-ring (bicyclic) bond motifs is 1. The normalized spacial score (nSPS) is 30.1. The number of nitrogens with zero attached hydrogens (tertiary/aromatic N) is 2. The molecule has 0 spiro atoms. The van der Waals surface area contributed by atoms with Gasteiger partial charge in [-0.3, -0.25) is 15.4 Å². The second kappa shape index (κ2) is 8.17. The molecule has 0 amide bonds. The molecule has 2 aromatic heterocycles. The zero-order valence-electron chi connectivity index (χ0n) is 17.0. The number of rotatable bonds is 4. The van der Waals surface area contributed by atoms with Crippen LogP contribution >= 0.6 is 0 Å². The van der Waals surface area contributed by atoms with E-state index >= 15 is 0 Å². The largest absolute Gasteiger partial charge is 0.391 e. The molecule has 2 saturated carbocycles. The number of aromatic amines is 1. The molecule has 30 heavy (non-hydrogen) atoms. The van der Waals surface area contributed by atoms with Crippen LogP contribution in [0.4, 0.5) is 13.2 Å². The average molecular weight is 423 g/mol. The molecule has 0 radical (unpaired) electrons. The highest BCUT2D eigenvalue weighted by molar-refractivity contribution is 5.91. The number of aromatic nitrogens is 3. The van der Waals surface area contributed by atoms with Crippen molar-refractivity contribution < 1.29 is 17.9 Å². The lowest BCUT2D eigenvalue weighted by Gasteiger charge is -2.31. The van der Waals surface area contributed by atoms with E-state index in [2.05, 4.69) is 16.9 Å². The monoisotopic (exact) mass is 423 g/mol. The summed E-state index contributed by atoms with van der Waals surface area (Å²) in [5, 5.41) is 17.1. The van der Waals surface area contributed by atoms with Crippen LogP contribution in [0.15, 0.2) is 18.5 Å². The van der Waals surface area contributed by atoms with Gasteiger partial charge in [0, 0.05) is 12.1 Å². The first-order chi connectivity index (χ1) is 14.3. The second-order valence-corrected chi connectivity index (χ2v) is 8.60. The quantitative estimate of drug-likeness (QED) is 0.495. The maximum Gasteiger partial charge on any atom is 0.391 e. The maximum atomic E-state index is 12.9. The summed E-state index contributed by atoms with van der Waals surface area (Å²) < 4.78 is 46.6. The summed E-state index contributed by atoms with van der Waals surface area (Å²) in [7, 11) is 0. The Morgan fingerprint density at radius 3 is 2.63 bits per heavy atom. The molecular formula is C21H28F3N5O. The topological polar surface area (TPSA) is 90.5 Å². The first kappa shape index (κ1) is 21.1. The molecule has 3 N–H and O–H groups in total. The molecule has 4 rings (SSSR count). The van der Waals surface area contributed by atoms with Crippen LogP contribution < -0.4 is 5.49 Å². The molecule has 0 bridgehead atoms. The van der Waals surface area contributed by atoms with E-state index in [1.807, 2.05) is 6.07 Å². The minimum atomic E-state index is -4.11. The van der Waals surface area contributed by atoms with Crippen LogP contribution in [-0.4, -0.2) is 38.8 Å². The smallest absolute Gasteiger partial charge is 0.375 e. The molecule has 2 heterocycles. The van der Waals surface area contributed by atoms with Gasteiger partial charge in [0.1, 0.15) is 11.3 Å². The first-order valence-corrected chi connectivity index (χ1v) is 10.7. The van der Waals surface area contributed by atoms with Crippen molar-refractivity contribution in [2.75, 3.05) is 0 Å². The lowest BCUT2D eigenvalue weighted by molar-refractivity contribution is -0.189. The highest BCUT2D eigenvalue weighted by Crippen LogP contribution is 2.41. The fourth-order valence-corrected chi connectivity index (χ4v) is 5.14. The van der Waals surface area contributed by atoms with E-state index in [0.29, 0.717) is 36.3 Å². The number of halogens is 3. The average Bonchev–Trinajstić information content (AvgIpc) is 3.34. The summed E-state index contributed by atoms with van der Waals surface area (Å²) >= 11 is 0. The van der Waals surface area contributed by atoms with Crippen molar-refractivity contribution in [3.8, 4) is 0 Å². The molecule has 2 aromatic rings. The van der Waals surface area contributed by atoms with E-state index in [4.69, 9.17) is 15.6 Å². The predicted octanol–water partition coefficient (Wildman–Crippen LogP) is 4.61. The molecule has 0 saturated heterocycles. The number of hydrogen-bond acceptors (Lipinski definition) is 4. The third-order valence-electron chi connectivity index (χ3n) is 6.79. The van der Waals surface area contributed by atoms with Gasteiger partial charge in [-0.1, -0.05) is 13.3 Å². The van der Waals surface area contributed by atoms with Crippen molar-refractivity contribution in [3.63, 3.8) is 0 Å². The van der Waals surface area contributed by atoms with Gasteiger partial charge in [-0.15, -0.1) is 0 Å². The molecule has 0 unspecified atom stereocenters. The van der Waals surface area contributed by atoms with E-state index in [9.17, 15) is 13.2 Å². The summed E-state index contributed by atoms with van der Waals surface area (Å²) in [5.74, 6) is -0.637. The molecule has 6 nitrogen and oxygen atoms in total. The van der Waals surface area contributed by atoms with Crippen LogP contribution in [0.1, 0.15) is 51.9 Å². The van der Waals surface area contributed by atoms with E-state index in [1.54, 1.807) is 10.8 Å². The van der Waals surface area contributed by atoms with Crippen LogP contribution in [0.25, 0.3) is 11.2 Å². The number of H-pyrrole nitrogens is 1. The van der Waals surface area contributed by atoms with Crippen LogP contribution in [0, 0.1) is 28.6 Å². The SMILES string of the molecule is CC[C@@H]1C[C@@H](OC2CCC(C(F)(F)F)CC2)C[C@H]1C(=N)n1c(=N)cnc2[nH]ccc21. The Hall–Kier alpha value is -2.16. The van der Waals surface area contributed by atoms with Gasteiger partial charge in [0.05, 0.1) is 29.8 Å². The third kappa shape index (κ3) is 4.04. The highest BCUT2D eigenvalue weighted by Gasteiger charge is 2.43. The zero-order chi connectivity index (χ0) is 21.5. The molecule has 2 aliphatic rings. The fourth-order valence-electron chi connectivity index (χ4n) is 5.14. The number of hydrogen-bond donors (Lipinski definition) is 3. The number of ether oxygens (including phenoxy) is 1. The molecule has 9 heteroatoms. The summed E-state index contributed by atoms with van der Waals surface area (Å²) in [4.78, 5) is 7.22. The molecular weight excluding hydrogens is 395 g/mol. The van der Waals surface area contributed by atoms with Crippen molar-refractivity contribution in [2.45, 2.75) is 70.3 Å². The second-order valence-electron chi connectivity index (χ2n) is 8.60. The molecule has 3 atom stereocenters. The molecule has 0 aromatic carbocycles. The Morgan fingerprint density at radius 1 is 1.23 bits per heavy atom. The zero-order valence-corrected chi connectivity index (χ0v) is 17.0. The summed E-state index contributed by atoms with van der Waals surface area (Å²) in [6.45, 7) is 2.09. The van der Waals surface area contributed by atoms with Crippen LogP contribution in [-0.2, 0) is 4.74 Å². The molecule has 2 fully saturated rings. The third-order valence-corrected chi connectivity index (χ3v) is 6.79. The standard InChI is InChI=1S/C21H28F3N5O/c1-2-12-9-15(30-14-5-3-13(4-6-14)21(22,23)24)10-16(12)19(26)29-17-7-8-27-20(17)28-11-18(29)25/h7-8,11-16,25-27H,2-6,9-10H2,1H3/t12-,13?,14?,15-,16-/m1/s1. The summed E-state index contributed by atoms with van der Waals surface area (Å²) in [6, 6.07) is 1.82. The van der Waals surface area contributed by atoms with Crippen molar-refractivity contribution in [1.82, 2.24) is 14.5 Å². The van der Waals surface area contributed by atoms with E-state index < -0.39 is 12.1 Å². The van der Waals surface area contributed by atoms with Crippen molar-refractivity contribution in [3.05, 3.63) is 23.9 Å². The molecule has 0 aliphatic heterocycles. The van der Waals surface area contributed by atoms with Crippen LogP contribution in [0.2, 0.25) is 0 Å². The van der Waals surface area contributed by atoms with Crippen LogP contribution in [0.3, 0.4) is 0 Å². The fraction of sp³-hybridized carbons (Fsp3) is 0.667. The lowest BCUT2D eigenvalue weighted by Crippen LogP contribution is -2.34. The van der Waals surface area contributed by atoms with Gasteiger partial charge < -0.3 is 9.72 Å². The van der Waals surface area contributed by atoms with Gasteiger partial charge in [-0.25, -0.2) is 4.98 Å². The Bertz CT molecular complexity index is 957. The Labute approximate surface area is 172 Å². The van der Waals surface area contributed by atoms with Gasteiger partial charge in [0.15, 0.2) is 5.65 Å². The Morgan fingerprint density at radius 2 is 1.97 bits per heavy atom. The van der Waals surface area contributed by atoms with Gasteiger partial charge in [0.25, 0.3) is 0 Å². The van der Waals surface area contributed by atoms with E-state index in [-0.39, 0.29) is 42.4 Å². The Balaban J connectivity index is 1.44. The van der Waals surface area contributed by atoms with Crippen molar-refractivity contribution in [2.24, 2.45) is 17.8 Å².